The van der Waals surface area contributed by atoms with Crippen LogP contribution in [-0.2, 0) is 0 Å². The zero-order chi connectivity index (χ0) is 14.5. The van der Waals surface area contributed by atoms with Crippen molar-refractivity contribution in [3.63, 3.8) is 0 Å². The Hall–Kier alpha value is -3.18. The van der Waals surface area contributed by atoms with Crippen LogP contribution < -0.4 is 0 Å². The predicted octanol–water partition coefficient (Wildman–Crippen LogP) is 2.57. The lowest BCUT2D eigenvalue weighted by Crippen LogP contribution is -1.91. The summed E-state index contributed by atoms with van der Waals surface area (Å²) in [6, 6.07) is 11.4. The van der Waals surface area contributed by atoms with E-state index in [-0.39, 0.29) is 11.3 Å². The smallest absolute Gasteiger partial charge is 0.258 e. The van der Waals surface area contributed by atoms with Gasteiger partial charge in [0, 0.05) is 23.4 Å². The van der Waals surface area contributed by atoms with Crippen molar-refractivity contribution in [1.29, 1.82) is 5.26 Å². The van der Waals surface area contributed by atoms with E-state index in [1.807, 2.05) is 25.1 Å². The maximum absolute atomic E-state index is 10.8. The van der Waals surface area contributed by atoms with Crippen molar-refractivity contribution in [1.82, 2.24) is 4.98 Å². The van der Waals surface area contributed by atoms with Crippen LogP contribution in [0, 0.1) is 40.2 Å². The summed E-state index contributed by atoms with van der Waals surface area (Å²) in [5.74, 6) is 5.62. The number of benzene rings is 1. The van der Waals surface area contributed by atoms with Crippen LogP contribution >= 0.6 is 0 Å². The summed E-state index contributed by atoms with van der Waals surface area (Å²) in [6.07, 6.45) is 0. The monoisotopic (exact) mass is 263 g/mol. The lowest BCUT2D eigenvalue weighted by atomic mass is 10.1. The first-order valence-corrected chi connectivity index (χ1v) is 5.74. The molecule has 2 rings (SSSR count). The molecule has 1 aromatic heterocycles. The topological polar surface area (TPSA) is 79.8 Å². The van der Waals surface area contributed by atoms with Crippen LogP contribution in [0.1, 0.15) is 22.5 Å². The molecule has 1 heterocycles. The molecule has 2 aromatic rings. The normalized spacial score (nSPS) is 9.20. The minimum absolute atomic E-state index is 0.148. The van der Waals surface area contributed by atoms with Gasteiger partial charge in [0.1, 0.15) is 5.69 Å². The van der Waals surface area contributed by atoms with Crippen molar-refractivity contribution in [3.05, 3.63) is 69.0 Å². The van der Waals surface area contributed by atoms with E-state index in [1.54, 1.807) is 6.07 Å². The molecule has 5 nitrogen and oxygen atoms in total. The van der Waals surface area contributed by atoms with E-state index in [2.05, 4.69) is 16.8 Å². The minimum Gasteiger partial charge on any atom is -0.258 e. The number of nitrogens with zero attached hydrogens (tertiary/aromatic N) is 3. The lowest BCUT2D eigenvalue weighted by molar-refractivity contribution is -0.384. The van der Waals surface area contributed by atoms with Gasteiger partial charge in [0.05, 0.1) is 16.6 Å². The molecule has 0 fully saturated rings. The molecule has 5 heteroatoms. The number of hydrogen-bond acceptors (Lipinski definition) is 4. The predicted molar refractivity (Wildman–Crippen MR) is 72.8 cm³/mol. The molecule has 0 bridgehead atoms. The standard InChI is InChI=1S/C15H9N3O2/c1-11-3-2-4-14(17-11)6-5-12-7-13(10-16)9-15(8-12)18(19)20/h2-4,7-9H,1H3. The molecule has 0 N–H and O–H groups in total. The van der Waals surface area contributed by atoms with Gasteiger partial charge in [0.25, 0.3) is 5.69 Å². The Balaban J connectivity index is 2.42. The molecule has 0 aliphatic heterocycles. The summed E-state index contributed by atoms with van der Waals surface area (Å²) in [7, 11) is 0. The van der Waals surface area contributed by atoms with Crippen LogP contribution in [-0.4, -0.2) is 9.91 Å². The van der Waals surface area contributed by atoms with Gasteiger partial charge in [-0.3, -0.25) is 10.1 Å². The molecule has 0 aliphatic rings. The van der Waals surface area contributed by atoms with Crippen LogP contribution in [0.15, 0.2) is 36.4 Å². The highest BCUT2D eigenvalue weighted by molar-refractivity contribution is 5.51. The Morgan fingerprint density at radius 1 is 1.20 bits per heavy atom. The molecule has 96 valence electrons. The molecule has 20 heavy (non-hydrogen) atoms. The van der Waals surface area contributed by atoms with E-state index in [4.69, 9.17) is 5.26 Å². The number of aromatic nitrogens is 1. The van der Waals surface area contributed by atoms with Crippen molar-refractivity contribution < 1.29 is 4.92 Å². The molecule has 0 radical (unpaired) electrons. The van der Waals surface area contributed by atoms with Crippen molar-refractivity contribution in [2.24, 2.45) is 0 Å². The zero-order valence-corrected chi connectivity index (χ0v) is 10.6. The molecule has 1 aromatic carbocycles. The number of non-ortho nitro benzene ring substituents is 1. The van der Waals surface area contributed by atoms with Gasteiger partial charge in [0.2, 0.25) is 0 Å². The first kappa shape index (κ1) is 13.3. The Bertz CT molecular complexity index is 780. The summed E-state index contributed by atoms with van der Waals surface area (Å²) in [4.78, 5) is 14.4. The van der Waals surface area contributed by atoms with Crippen LogP contribution in [0.25, 0.3) is 0 Å². The number of nitro benzene ring substituents is 1. The number of aryl methyl sites for hydroxylation is 1. The highest BCUT2D eigenvalue weighted by Crippen LogP contribution is 2.16. The summed E-state index contributed by atoms with van der Waals surface area (Å²) in [6.45, 7) is 1.85. The van der Waals surface area contributed by atoms with Crippen molar-refractivity contribution in [2.75, 3.05) is 0 Å². The van der Waals surface area contributed by atoms with Crippen LogP contribution in [0.2, 0.25) is 0 Å². The minimum atomic E-state index is -0.545. The highest BCUT2D eigenvalue weighted by atomic mass is 16.6. The highest BCUT2D eigenvalue weighted by Gasteiger charge is 2.08. The molecular formula is C15H9N3O2. The van der Waals surface area contributed by atoms with Gasteiger partial charge in [-0.25, -0.2) is 4.98 Å². The average molecular weight is 263 g/mol. The van der Waals surface area contributed by atoms with E-state index in [9.17, 15) is 10.1 Å². The van der Waals surface area contributed by atoms with Crippen molar-refractivity contribution in [2.45, 2.75) is 6.92 Å². The summed E-state index contributed by atoms with van der Waals surface area (Å²) in [5.41, 5.74) is 1.90. The van der Waals surface area contributed by atoms with Crippen molar-refractivity contribution in [3.8, 4) is 17.9 Å². The molecule has 0 aliphatic carbocycles. The van der Waals surface area contributed by atoms with Gasteiger partial charge in [-0.1, -0.05) is 12.0 Å². The van der Waals surface area contributed by atoms with Crippen molar-refractivity contribution >= 4 is 5.69 Å². The number of rotatable bonds is 1. The molecule has 0 atom stereocenters. The largest absolute Gasteiger partial charge is 0.271 e. The third-order valence-corrected chi connectivity index (χ3v) is 2.48. The lowest BCUT2D eigenvalue weighted by Gasteiger charge is -1.95. The quantitative estimate of drug-likeness (QED) is 0.450. The van der Waals surface area contributed by atoms with Crippen LogP contribution in [0.5, 0.6) is 0 Å². The zero-order valence-electron chi connectivity index (χ0n) is 10.6. The Labute approximate surface area is 115 Å². The maximum Gasteiger partial charge on any atom is 0.271 e. The van der Waals surface area contributed by atoms with E-state index in [1.165, 1.54) is 18.2 Å². The third-order valence-electron chi connectivity index (χ3n) is 2.48. The van der Waals surface area contributed by atoms with Gasteiger partial charge in [-0.2, -0.15) is 5.26 Å². The van der Waals surface area contributed by atoms with E-state index in [0.717, 1.165) is 5.69 Å². The number of pyridine rings is 1. The fourth-order valence-electron chi connectivity index (χ4n) is 1.60. The fraction of sp³-hybridized carbons (Fsp3) is 0.0667. The second-order valence-corrected chi connectivity index (χ2v) is 4.05. The Morgan fingerprint density at radius 2 is 1.95 bits per heavy atom. The first-order chi connectivity index (χ1) is 9.58. The van der Waals surface area contributed by atoms with E-state index < -0.39 is 4.92 Å². The molecular weight excluding hydrogens is 254 g/mol. The third kappa shape index (κ3) is 3.18. The second kappa shape index (κ2) is 5.64. The van der Waals surface area contributed by atoms with Crippen LogP contribution in [0.4, 0.5) is 5.69 Å². The van der Waals surface area contributed by atoms with Gasteiger partial charge < -0.3 is 0 Å². The molecule has 0 saturated carbocycles. The van der Waals surface area contributed by atoms with Gasteiger partial charge >= 0.3 is 0 Å². The van der Waals surface area contributed by atoms with E-state index >= 15 is 0 Å². The SMILES string of the molecule is Cc1cccc(C#Cc2cc(C#N)cc([N+](=O)[O-])c2)n1. The molecule has 0 unspecified atom stereocenters. The van der Waals surface area contributed by atoms with Gasteiger partial charge in [-0.15, -0.1) is 0 Å². The number of nitriles is 1. The van der Waals surface area contributed by atoms with Crippen LogP contribution in [0.3, 0.4) is 0 Å². The second-order valence-electron chi connectivity index (χ2n) is 4.05. The molecule has 0 saturated heterocycles. The first-order valence-electron chi connectivity index (χ1n) is 5.74. The summed E-state index contributed by atoms with van der Waals surface area (Å²) < 4.78 is 0. The molecule has 0 spiro atoms. The van der Waals surface area contributed by atoms with Gasteiger partial charge in [-0.05, 0) is 31.0 Å². The average Bonchev–Trinajstić information content (AvgIpc) is 2.45. The maximum atomic E-state index is 10.8. The van der Waals surface area contributed by atoms with Gasteiger partial charge in [0.15, 0.2) is 0 Å². The number of hydrogen-bond donors (Lipinski definition) is 0. The Morgan fingerprint density at radius 3 is 2.60 bits per heavy atom. The Kier molecular flexibility index (Phi) is 3.74. The van der Waals surface area contributed by atoms with E-state index in [0.29, 0.717) is 11.3 Å². The number of nitro groups is 1. The summed E-state index contributed by atoms with van der Waals surface area (Å²) >= 11 is 0. The molecule has 0 amide bonds. The summed E-state index contributed by atoms with van der Waals surface area (Å²) in [5, 5.41) is 19.6. The fourth-order valence-corrected chi connectivity index (χ4v) is 1.60.